The molecule has 2 heterocycles. The Labute approximate surface area is 120 Å². The number of aryl methyl sites for hydroxylation is 1. The minimum absolute atomic E-state index is 0.231. The standard InChI is InChI=1S/C14H13N3O4/c1-8-7-11(17-21-8)16-13(19)14(2)12(18)15-9-5-3-4-6-10(9)20-14/h3-7H,1-2H3,(H,15,18)(H,16,17,19)/t14-/m1/s1. The van der Waals surface area contributed by atoms with Crippen molar-refractivity contribution in [2.45, 2.75) is 19.4 Å². The lowest BCUT2D eigenvalue weighted by Crippen LogP contribution is -2.56. The summed E-state index contributed by atoms with van der Waals surface area (Å²) in [7, 11) is 0. The number of amides is 2. The predicted molar refractivity (Wildman–Crippen MR) is 74.0 cm³/mol. The van der Waals surface area contributed by atoms with Gasteiger partial charge in [0.05, 0.1) is 5.69 Å². The van der Waals surface area contributed by atoms with Crippen molar-refractivity contribution < 1.29 is 18.8 Å². The first-order chi connectivity index (χ1) is 9.99. The largest absolute Gasteiger partial charge is 0.466 e. The normalized spacial score (nSPS) is 20.2. The van der Waals surface area contributed by atoms with Crippen molar-refractivity contribution in [1.82, 2.24) is 5.16 Å². The van der Waals surface area contributed by atoms with Crippen molar-refractivity contribution in [3.05, 3.63) is 36.1 Å². The van der Waals surface area contributed by atoms with Crippen LogP contribution in [0, 0.1) is 6.92 Å². The minimum Gasteiger partial charge on any atom is -0.466 e. The third-order valence-corrected chi connectivity index (χ3v) is 3.19. The van der Waals surface area contributed by atoms with E-state index in [0.717, 1.165) is 0 Å². The van der Waals surface area contributed by atoms with Gasteiger partial charge in [-0.25, -0.2) is 0 Å². The van der Waals surface area contributed by atoms with Gasteiger partial charge in [0.15, 0.2) is 5.82 Å². The van der Waals surface area contributed by atoms with Gasteiger partial charge in [-0.05, 0) is 26.0 Å². The summed E-state index contributed by atoms with van der Waals surface area (Å²) in [5, 5.41) is 8.82. The second kappa shape index (κ2) is 4.62. The number of rotatable bonds is 2. The zero-order valence-corrected chi connectivity index (χ0v) is 11.5. The van der Waals surface area contributed by atoms with E-state index in [1.54, 1.807) is 37.3 Å². The number of hydrogen-bond acceptors (Lipinski definition) is 5. The first-order valence-electron chi connectivity index (χ1n) is 6.33. The average Bonchev–Trinajstić information content (AvgIpc) is 2.85. The number of benzene rings is 1. The highest BCUT2D eigenvalue weighted by Crippen LogP contribution is 2.33. The first kappa shape index (κ1) is 13.2. The molecule has 0 aliphatic carbocycles. The summed E-state index contributed by atoms with van der Waals surface area (Å²) < 4.78 is 10.5. The molecule has 1 aliphatic rings. The van der Waals surface area contributed by atoms with Crippen LogP contribution in [-0.2, 0) is 9.59 Å². The van der Waals surface area contributed by atoms with Gasteiger partial charge in [-0.3, -0.25) is 9.59 Å². The van der Waals surface area contributed by atoms with E-state index in [9.17, 15) is 9.59 Å². The van der Waals surface area contributed by atoms with Crippen LogP contribution < -0.4 is 15.4 Å². The number of carbonyl (C=O) groups is 2. The number of carbonyl (C=O) groups excluding carboxylic acids is 2. The maximum absolute atomic E-state index is 12.3. The molecule has 21 heavy (non-hydrogen) atoms. The molecule has 3 rings (SSSR count). The second-order valence-electron chi connectivity index (χ2n) is 4.86. The molecule has 1 aromatic heterocycles. The third kappa shape index (κ3) is 2.22. The quantitative estimate of drug-likeness (QED) is 0.820. The molecular formula is C14H13N3O4. The molecule has 0 bridgehead atoms. The fraction of sp³-hybridized carbons (Fsp3) is 0.214. The van der Waals surface area contributed by atoms with Crippen molar-refractivity contribution in [1.29, 1.82) is 0 Å². The Hall–Kier alpha value is -2.83. The summed E-state index contributed by atoms with van der Waals surface area (Å²) in [5.41, 5.74) is -1.15. The van der Waals surface area contributed by atoms with Crippen LogP contribution in [0.3, 0.4) is 0 Å². The number of hydrogen-bond donors (Lipinski definition) is 2. The number of nitrogens with one attached hydrogen (secondary N) is 2. The van der Waals surface area contributed by atoms with Crippen LogP contribution in [0.25, 0.3) is 0 Å². The minimum atomic E-state index is -1.68. The van der Waals surface area contributed by atoms with E-state index in [2.05, 4.69) is 15.8 Å². The molecule has 0 radical (unpaired) electrons. The zero-order valence-electron chi connectivity index (χ0n) is 11.5. The first-order valence-corrected chi connectivity index (χ1v) is 6.33. The van der Waals surface area contributed by atoms with Crippen LogP contribution in [-0.4, -0.2) is 22.6 Å². The van der Waals surface area contributed by atoms with Crippen LogP contribution in [0.1, 0.15) is 12.7 Å². The Kier molecular flexibility index (Phi) is 2.90. The zero-order chi connectivity index (χ0) is 15.0. The third-order valence-electron chi connectivity index (χ3n) is 3.19. The number of anilines is 2. The van der Waals surface area contributed by atoms with Gasteiger partial charge >= 0.3 is 0 Å². The molecule has 0 saturated carbocycles. The molecule has 1 aromatic carbocycles. The van der Waals surface area contributed by atoms with E-state index >= 15 is 0 Å². The van der Waals surface area contributed by atoms with Crippen molar-refractivity contribution in [3.8, 4) is 5.75 Å². The van der Waals surface area contributed by atoms with Crippen LogP contribution in [0.5, 0.6) is 5.75 Å². The van der Waals surface area contributed by atoms with Gasteiger partial charge < -0.3 is 19.9 Å². The van der Waals surface area contributed by atoms with Crippen LogP contribution in [0.4, 0.5) is 11.5 Å². The van der Waals surface area contributed by atoms with E-state index in [1.165, 1.54) is 6.92 Å². The summed E-state index contributed by atoms with van der Waals surface area (Å²) in [6.45, 7) is 3.10. The molecular weight excluding hydrogens is 274 g/mol. The van der Waals surface area contributed by atoms with Crippen molar-refractivity contribution >= 4 is 23.3 Å². The van der Waals surface area contributed by atoms with Crippen molar-refractivity contribution in [2.24, 2.45) is 0 Å². The maximum atomic E-state index is 12.3. The van der Waals surface area contributed by atoms with Crippen molar-refractivity contribution in [3.63, 3.8) is 0 Å². The van der Waals surface area contributed by atoms with E-state index in [1.807, 2.05) is 0 Å². The fourth-order valence-electron chi connectivity index (χ4n) is 1.98. The highest BCUT2D eigenvalue weighted by Gasteiger charge is 2.47. The van der Waals surface area contributed by atoms with Gasteiger partial charge in [0.2, 0.25) is 0 Å². The van der Waals surface area contributed by atoms with Crippen molar-refractivity contribution in [2.75, 3.05) is 10.6 Å². The van der Waals surface area contributed by atoms with Gasteiger partial charge in [0, 0.05) is 6.07 Å². The van der Waals surface area contributed by atoms with E-state index in [-0.39, 0.29) is 5.82 Å². The van der Waals surface area contributed by atoms with Gasteiger partial charge in [0.25, 0.3) is 17.4 Å². The predicted octanol–water partition coefficient (Wildman–Crippen LogP) is 1.71. The molecule has 108 valence electrons. The molecule has 2 aromatic rings. The molecule has 1 atom stereocenters. The summed E-state index contributed by atoms with van der Waals surface area (Å²) in [5.74, 6) is 0.0524. The molecule has 1 aliphatic heterocycles. The topological polar surface area (TPSA) is 93.5 Å². The SMILES string of the molecule is Cc1cc(NC(=O)[C@]2(C)Oc3ccccc3NC2=O)no1. The average molecular weight is 287 g/mol. The maximum Gasteiger partial charge on any atom is 0.279 e. The second-order valence-corrected chi connectivity index (χ2v) is 4.86. The molecule has 0 spiro atoms. The number of nitrogens with zero attached hydrogens (tertiary/aromatic N) is 1. The Morgan fingerprint density at radius 1 is 1.38 bits per heavy atom. The van der Waals surface area contributed by atoms with Gasteiger partial charge in [-0.1, -0.05) is 17.3 Å². The molecule has 2 amide bonds. The Bertz CT molecular complexity index is 725. The highest BCUT2D eigenvalue weighted by atomic mass is 16.5. The number of para-hydroxylation sites is 2. The van der Waals surface area contributed by atoms with Crippen LogP contribution in [0.15, 0.2) is 34.9 Å². The number of fused-ring (bicyclic) bond motifs is 1. The molecule has 7 nitrogen and oxygen atoms in total. The number of ether oxygens (including phenoxy) is 1. The molecule has 0 unspecified atom stereocenters. The van der Waals surface area contributed by atoms with Gasteiger partial charge in [-0.15, -0.1) is 0 Å². The summed E-state index contributed by atoms with van der Waals surface area (Å²) in [4.78, 5) is 24.5. The molecule has 2 N–H and O–H groups in total. The van der Waals surface area contributed by atoms with E-state index in [4.69, 9.17) is 9.26 Å². The van der Waals surface area contributed by atoms with Crippen LogP contribution >= 0.6 is 0 Å². The monoisotopic (exact) mass is 287 g/mol. The van der Waals surface area contributed by atoms with Gasteiger partial charge in [-0.2, -0.15) is 0 Å². The lowest BCUT2D eigenvalue weighted by atomic mass is 10.0. The summed E-state index contributed by atoms with van der Waals surface area (Å²) in [6, 6.07) is 8.46. The summed E-state index contributed by atoms with van der Waals surface area (Å²) >= 11 is 0. The fourth-order valence-corrected chi connectivity index (χ4v) is 1.98. The lowest BCUT2D eigenvalue weighted by Gasteiger charge is -2.32. The highest BCUT2D eigenvalue weighted by molar-refractivity contribution is 6.18. The van der Waals surface area contributed by atoms with E-state index < -0.39 is 17.4 Å². The Morgan fingerprint density at radius 3 is 2.86 bits per heavy atom. The summed E-state index contributed by atoms with van der Waals surface area (Å²) in [6.07, 6.45) is 0. The molecule has 0 fully saturated rings. The number of aromatic nitrogens is 1. The molecule has 0 saturated heterocycles. The Balaban J connectivity index is 1.86. The van der Waals surface area contributed by atoms with Gasteiger partial charge in [0.1, 0.15) is 11.5 Å². The smallest absolute Gasteiger partial charge is 0.279 e. The van der Waals surface area contributed by atoms with E-state index in [0.29, 0.717) is 17.2 Å². The Morgan fingerprint density at radius 2 is 2.14 bits per heavy atom. The molecule has 7 heteroatoms. The van der Waals surface area contributed by atoms with Crippen LogP contribution in [0.2, 0.25) is 0 Å². The lowest BCUT2D eigenvalue weighted by molar-refractivity contribution is -0.143.